The predicted octanol–water partition coefficient (Wildman–Crippen LogP) is 2.82. The number of fused-ring (bicyclic) bond motifs is 1. The fraction of sp³-hybridized carbons (Fsp3) is 0.417. The van der Waals surface area contributed by atoms with Gasteiger partial charge in [0.2, 0.25) is 6.79 Å². The summed E-state index contributed by atoms with van der Waals surface area (Å²) in [6.07, 6.45) is 1.60. The number of para-hydroxylation sites is 1. The summed E-state index contributed by atoms with van der Waals surface area (Å²) in [5, 5.41) is 2.88. The molecular weight excluding hydrogens is 394 g/mol. The molecule has 0 saturated carbocycles. The van der Waals surface area contributed by atoms with Gasteiger partial charge < -0.3 is 19.7 Å². The largest absolute Gasteiger partial charge is 0.454 e. The molecule has 2 aliphatic heterocycles. The molecule has 31 heavy (non-hydrogen) atoms. The van der Waals surface area contributed by atoms with E-state index in [9.17, 15) is 9.59 Å². The lowest BCUT2D eigenvalue weighted by atomic mass is 10.0. The number of nitrogens with one attached hydrogen (secondary N) is 1. The number of nitrogens with zero attached hydrogens (tertiary/aromatic N) is 2. The van der Waals surface area contributed by atoms with E-state index in [1.54, 1.807) is 4.90 Å². The average molecular weight is 424 g/mol. The van der Waals surface area contributed by atoms with Crippen LogP contribution in [0.1, 0.15) is 30.5 Å². The van der Waals surface area contributed by atoms with Crippen LogP contribution in [-0.4, -0.2) is 54.6 Å². The zero-order valence-electron chi connectivity index (χ0n) is 18.1. The highest BCUT2D eigenvalue weighted by molar-refractivity contribution is 6.39. The topological polar surface area (TPSA) is 71.1 Å². The van der Waals surface area contributed by atoms with Crippen LogP contribution >= 0.6 is 0 Å². The van der Waals surface area contributed by atoms with E-state index < -0.39 is 11.8 Å². The van der Waals surface area contributed by atoms with Gasteiger partial charge in [-0.25, -0.2) is 0 Å². The Labute approximate surface area is 182 Å². The van der Waals surface area contributed by atoms with Gasteiger partial charge in [-0.05, 0) is 41.7 Å². The number of carbonyl (C=O) groups excluding carboxylic acids is 2. The van der Waals surface area contributed by atoms with Crippen LogP contribution in [0.4, 0.5) is 5.69 Å². The number of piperazine rings is 1. The molecule has 0 aliphatic carbocycles. The van der Waals surface area contributed by atoms with Gasteiger partial charge in [0.15, 0.2) is 11.5 Å². The molecule has 7 heteroatoms. The Bertz CT molecular complexity index is 945. The SMILES string of the molecule is CCc1cccc(CC)c1NC(=O)C(=O)N1CCN(Cc2ccc3c(c2)OCO3)CC1. The summed E-state index contributed by atoms with van der Waals surface area (Å²) >= 11 is 0. The van der Waals surface area contributed by atoms with Crippen LogP contribution in [0.25, 0.3) is 0 Å². The number of ether oxygens (including phenoxy) is 2. The van der Waals surface area contributed by atoms with Gasteiger partial charge in [0.05, 0.1) is 0 Å². The molecule has 1 fully saturated rings. The fourth-order valence-corrected chi connectivity index (χ4v) is 4.12. The number of carbonyl (C=O) groups is 2. The Hall–Kier alpha value is -3.06. The maximum atomic E-state index is 12.8. The predicted molar refractivity (Wildman–Crippen MR) is 118 cm³/mol. The van der Waals surface area contributed by atoms with Crippen molar-refractivity contribution in [1.82, 2.24) is 9.80 Å². The van der Waals surface area contributed by atoms with E-state index in [1.165, 1.54) is 0 Å². The molecule has 0 atom stereocenters. The molecule has 1 N–H and O–H groups in total. The van der Waals surface area contributed by atoms with Gasteiger partial charge in [-0.2, -0.15) is 0 Å². The first kappa shape index (κ1) is 21.2. The van der Waals surface area contributed by atoms with Gasteiger partial charge in [-0.1, -0.05) is 38.1 Å². The van der Waals surface area contributed by atoms with Crippen molar-refractivity contribution in [3.63, 3.8) is 0 Å². The van der Waals surface area contributed by atoms with Crippen LogP contribution in [0.2, 0.25) is 0 Å². The van der Waals surface area contributed by atoms with Crippen LogP contribution in [0, 0.1) is 0 Å². The first-order chi connectivity index (χ1) is 15.1. The molecule has 0 spiro atoms. The molecule has 1 saturated heterocycles. The fourth-order valence-electron chi connectivity index (χ4n) is 4.12. The molecular formula is C24H29N3O4. The van der Waals surface area contributed by atoms with E-state index in [2.05, 4.69) is 10.2 Å². The summed E-state index contributed by atoms with van der Waals surface area (Å²) in [6.45, 7) is 7.65. The molecule has 2 aromatic rings. The second kappa shape index (κ2) is 9.39. The van der Waals surface area contributed by atoms with E-state index in [4.69, 9.17) is 9.47 Å². The first-order valence-corrected chi connectivity index (χ1v) is 10.9. The summed E-state index contributed by atoms with van der Waals surface area (Å²) in [7, 11) is 0. The number of hydrogen-bond acceptors (Lipinski definition) is 5. The Kier molecular flexibility index (Phi) is 6.42. The van der Waals surface area contributed by atoms with E-state index in [1.807, 2.05) is 50.2 Å². The van der Waals surface area contributed by atoms with Gasteiger partial charge in [-0.3, -0.25) is 14.5 Å². The van der Waals surface area contributed by atoms with Gasteiger partial charge in [-0.15, -0.1) is 0 Å². The van der Waals surface area contributed by atoms with E-state index in [0.29, 0.717) is 13.1 Å². The smallest absolute Gasteiger partial charge is 0.313 e. The number of rotatable bonds is 5. The standard InChI is InChI=1S/C24H29N3O4/c1-3-18-6-5-7-19(4-2)22(18)25-23(28)24(29)27-12-10-26(11-13-27)15-17-8-9-20-21(14-17)31-16-30-20/h5-9,14H,3-4,10-13,15-16H2,1-2H3,(H,25,28). The van der Waals surface area contributed by atoms with Gasteiger partial charge in [0, 0.05) is 38.4 Å². The average Bonchev–Trinajstić information content (AvgIpc) is 3.27. The molecule has 0 aromatic heterocycles. The van der Waals surface area contributed by atoms with Crippen molar-refractivity contribution in [1.29, 1.82) is 0 Å². The zero-order valence-corrected chi connectivity index (χ0v) is 18.1. The van der Waals surface area contributed by atoms with Gasteiger partial charge in [0.1, 0.15) is 0 Å². The Morgan fingerprint density at radius 3 is 2.29 bits per heavy atom. The highest BCUT2D eigenvalue weighted by Gasteiger charge is 2.27. The minimum atomic E-state index is -0.556. The van der Waals surface area contributed by atoms with Crippen LogP contribution in [-0.2, 0) is 29.0 Å². The second-order valence-corrected chi connectivity index (χ2v) is 7.87. The lowest BCUT2D eigenvalue weighted by molar-refractivity contribution is -0.144. The summed E-state index contributed by atoms with van der Waals surface area (Å²) in [4.78, 5) is 29.4. The molecule has 2 aliphatic rings. The third-order valence-electron chi connectivity index (χ3n) is 5.93. The molecule has 2 amide bonds. The highest BCUT2D eigenvalue weighted by Crippen LogP contribution is 2.32. The number of amides is 2. The maximum absolute atomic E-state index is 12.8. The van der Waals surface area contributed by atoms with Crippen molar-refractivity contribution in [2.45, 2.75) is 33.2 Å². The molecule has 0 bridgehead atoms. The third-order valence-corrected chi connectivity index (χ3v) is 5.93. The zero-order chi connectivity index (χ0) is 21.8. The molecule has 2 aromatic carbocycles. The van der Waals surface area contributed by atoms with Crippen molar-refractivity contribution in [3.05, 3.63) is 53.1 Å². The van der Waals surface area contributed by atoms with E-state index >= 15 is 0 Å². The van der Waals surface area contributed by atoms with E-state index in [-0.39, 0.29) is 6.79 Å². The second-order valence-electron chi connectivity index (χ2n) is 7.87. The first-order valence-electron chi connectivity index (χ1n) is 10.9. The van der Waals surface area contributed by atoms with Crippen molar-refractivity contribution in [2.24, 2.45) is 0 Å². The van der Waals surface area contributed by atoms with Crippen LogP contribution in [0.15, 0.2) is 36.4 Å². The Morgan fingerprint density at radius 2 is 1.61 bits per heavy atom. The quantitative estimate of drug-likeness (QED) is 0.749. The van der Waals surface area contributed by atoms with Crippen molar-refractivity contribution in [2.75, 3.05) is 38.3 Å². The lowest BCUT2D eigenvalue weighted by Crippen LogP contribution is -2.51. The Morgan fingerprint density at radius 1 is 0.935 bits per heavy atom. The molecule has 4 rings (SSSR count). The van der Waals surface area contributed by atoms with E-state index in [0.717, 1.165) is 66.4 Å². The number of aryl methyl sites for hydroxylation is 2. The molecule has 7 nitrogen and oxygen atoms in total. The van der Waals surface area contributed by atoms with Crippen molar-refractivity contribution in [3.8, 4) is 11.5 Å². The van der Waals surface area contributed by atoms with Crippen LogP contribution in [0.5, 0.6) is 11.5 Å². The monoisotopic (exact) mass is 423 g/mol. The lowest BCUT2D eigenvalue weighted by Gasteiger charge is -2.34. The van der Waals surface area contributed by atoms with Gasteiger partial charge in [0.25, 0.3) is 0 Å². The number of benzene rings is 2. The number of anilines is 1. The minimum Gasteiger partial charge on any atom is -0.454 e. The van der Waals surface area contributed by atoms with Crippen molar-refractivity contribution >= 4 is 17.5 Å². The summed E-state index contributed by atoms with van der Waals surface area (Å²) in [6, 6.07) is 12.0. The minimum absolute atomic E-state index is 0.268. The molecule has 0 unspecified atom stereocenters. The normalized spacial score (nSPS) is 15.7. The maximum Gasteiger partial charge on any atom is 0.313 e. The summed E-state index contributed by atoms with van der Waals surface area (Å²) in [5.74, 6) is 0.540. The Balaban J connectivity index is 1.32. The van der Waals surface area contributed by atoms with Crippen LogP contribution in [0.3, 0.4) is 0 Å². The van der Waals surface area contributed by atoms with Crippen LogP contribution < -0.4 is 14.8 Å². The summed E-state index contributed by atoms with van der Waals surface area (Å²) in [5.41, 5.74) is 4.03. The van der Waals surface area contributed by atoms with Crippen molar-refractivity contribution < 1.29 is 19.1 Å². The third kappa shape index (κ3) is 4.66. The highest BCUT2D eigenvalue weighted by atomic mass is 16.7. The van der Waals surface area contributed by atoms with Gasteiger partial charge >= 0.3 is 11.8 Å². The molecule has 0 radical (unpaired) electrons. The number of hydrogen-bond donors (Lipinski definition) is 1. The molecule has 2 heterocycles. The molecule has 164 valence electrons. The summed E-state index contributed by atoms with van der Waals surface area (Å²) < 4.78 is 10.8.